The molecule has 3 rings (SSSR count). The van der Waals surface area contributed by atoms with E-state index in [0.29, 0.717) is 30.4 Å². The van der Waals surface area contributed by atoms with Crippen LogP contribution in [0, 0.1) is 13.8 Å². The fourth-order valence-corrected chi connectivity index (χ4v) is 4.88. The van der Waals surface area contributed by atoms with Crippen LogP contribution in [0.2, 0.25) is 5.02 Å². The number of carbonyl (C=O) groups is 1. The number of aryl methyl sites for hydroxylation is 2. The number of carbonyl (C=O) groups excluding carboxylic acids is 1. The summed E-state index contributed by atoms with van der Waals surface area (Å²) in [7, 11) is -1.46. The quantitative estimate of drug-likeness (QED) is 0.605. The van der Waals surface area contributed by atoms with Gasteiger partial charge in [-0.15, -0.1) is 0 Å². The molecule has 2 aromatic rings. The molecule has 0 saturated carbocycles. The van der Waals surface area contributed by atoms with Gasteiger partial charge in [-0.05, 0) is 55.3 Å². The number of hydrogen-bond donors (Lipinski definition) is 0. The van der Waals surface area contributed by atoms with Crippen LogP contribution in [0.5, 0.6) is 5.75 Å². The minimum Gasteiger partial charge on any atom is -0.490 e. The molecule has 1 heterocycles. The normalized spacial score (nSPS) is 15.4. The lowest BCUT2D eigenvalue weighted by molar-refractivity contribution is -0.0258. The zero-order chi connectivity index (χ0) is 22.8. The SMILES string of the molecule is CON(C)S(=O)(=O)c1cc(C(=O)N2CCC(Oc3ccc(C)c(C)c3)CC2)ccc1Cl. The fourth-order valence-electron chi connectivity index (χ4n) is 3.41. The van der Waals surface area contributed by atoms with Crippen LogP contribution in [0.3, 0.4) is 0 Å². The molecule has 0 bridgehead atoms. The number of piperidine rings is 1. The van der Waals surface area contributed by atoms with Crippen LogP contribution in [0.25, 0.3) is 0 Å². The number of benzene rings is 2. The van der Waals surface area contributed by atoms with Crippen LogP contribution < -0.4 is 4.74 Å². The highest BCUT2D eigenvalue weighted by Crippen LogP contribution is 2.27. The molecule has 0 unspecified atom stereocenters. The summed E-state index contributed by atoms with van der Waals surface area (Å²) in [6.45, 7) is 5.16. The predicted molar refractivity (Wildman–Crippen MR) is 119 cm³/mol. The zero-order valence-electron chi connectivity index (χ0n) is 18.1. The summed E-state index contributed by atoms with van der Waals surface area (Å²) >= 11 is 6.09. The van der Waals surface area contributed by atoms with Gasteiger partial charge in [-0.25, -0.2) is 8.42 Å². The predicted octanol–water partition coefficient (Wildman–Crippen LogP) is 3.82. The summed E-state index contributed by atoms with van der Waals surface area (Å²) in [5, 5.41) is 0.0287. The van der Waals surface area contributed by atoms with E-state index >= 15 is 0 Å². The van der Waals surface area contributed by atoms with Gasteiger partial charge in [-0.3, -0.25) is 9.63 Å². The van der Waals surface area contributed by atoms with E-state index in [-0.39, 0.29) is 27.5 Å². The molecule has 1 aliphatic heterocycles. The van der Waals surface area contributed by atoms with Gasteiger partial charge in [0.15, 0.2) is 0 Å². The van der Waals surface area contributed by atoms with Crippen LogP contribution in [0.4, 0.5) is 0 Å². The average molecular weight is 467 g/mol. The second kappa shape index (κ2) is 9.56. The Morgan fingerprint density at radius 3 is 2.39 bits per heavy atom. The molecule has 2 aromatic carbocycles. The number of halogens is 1. The van der Waals surface area contributed by atoms with Gasteiger partial charge in [-0.2, -0.15) is 0 Å². The van der Waals surface area contributed by atoms with Crippen LogP contribution in [-0.4, -0.2) is 57.0 Å². The molecule has 0 atom stereocenters. The van der Waals surface area contributed by atoms with Crippen LogP contribution in [-0.2, 0) is 14.9 Å². The number of ether oxygens (including phenoxy) is 1. The molecule has 1 amide bonds. The first-order chi connectivity index (χ1) is 14.6. The highest BCUT2D eigenvalue weighted by atomic mass is 35.5. The van der Waals surface area contributed by atoms with Gasteiger partial charge in [0, 0.05) is 38.5 Å². The molecule has 0 radical (unpaired) electrons. The van der Waals surface area contributed by atoms with Crippen molar-refractivity contribution >= 4 is 27.5 Å². The van der Waals surface area contributed by atoms with Crippen LogP contribution >= 0.6 is 11.6 Å². The van der Waals surface area contributed by atoms with E-state index in [9.17, 15) is 13.2 Å². The minimum atomic E-state index is -3.97. The third-order valence-corrected chi connectivity index (χ3v) is 7.72. The molecule has 0 spiro atoms. The number of amides is 1. The Morgan fingerprint density at radius 1 is 1.10 bits per heavy atom. The van der Waals surface area contributed by atoms with E-state index in [1.165, 1.54) is 43.5 Å². The summed E-state index contributed by atoms with van der Waals surface area (Å²) in [6, 6.07) is 10.3. The molecular formula is C22H27ClN2O5S. The van der Waals surface area contributed by atoms with Crippen molar-refractivity contribution in [1.29, 1.82) is 0 Å². The fraction of sp³-hybridized carbons (Fsp3) is 0.409. The minimum absolute atomic E-state index is 0.0287. The number of hydrogen-bond acceptors (Lipinski definition) is 5. The Balaban J connectivity index is 1.68. The second-order valence-electron chi connectivity index (χ2n) is 7.60. The number of sulfonamides is 1. The molecule has 168 valence electrons. The number of hydroxylamine groups is 1. The number of rotatable bonds is 6. The Morgan fingerprint density at radius 2 is 1.77 bits per heavy atom. The number of likely N-dealkylation sites (tertiary alicyclic amines) is 1. The maximum absolute atomic E-state index is 13.0. The van der Waals surface area contributed by atoms with Gasteiger partial charge < -0.3 is 9.64 Å². The molecular weight excluding hydrogens is 440 g/mol. The Hall–Kier alpha value is -2.13. The van der Waals surface area contributed by atoms with Crippen molar-refractivity contribution in [3.05, 3.63) is 58.1 Å². The lowest BCUT2D eigenvalue weighted by Crippen LogP contribution is -2.41. The van der Waals surface area contributed by atoms with E-state index in [2.05, 4.69) is 13.8 Å². The standard InChI is InChI=1S/C22H27ClN2O5S/c1-15-5-7-19(13-16(15)2)30-18-9-11-25(12-10-18)22(26)17-6-8-20(23)21(14-17)31(27,28)24(3)29-4/h5-8,13-14,18H,9-12H2,1-4H3. The van der Waals surface area contributed by atoms with Crippen molar-refractivity contribution in [2.75, 3.05) is 27.2 Å². The summed E-state index contributed by atoms with van der Waals surface area (Å²) in [6.07, 6.45) is 1.43. The summed E-state index contributed by atoms with van der Waals surface area (Å²) in [5.74, 6) is 0.598. The molecule has 1 fully saturated rings. The molecule has 0 aromatic heterocycles. The second-order valence-corrected chi connectivity index (χ2v) is 9.91. The third-order valence-electron chi connectivity index (χ3n) is 5.56. The largest absolute Gasteiger partial charge is 0.490 e. The van der Waals surface area contributed by atoms with Crippen molar-refractivity contribution in [2.45, 2.75) is 37.7 Å². The van der Waals surface area contributed by atoms with E-state index in [1.807, 2.05) is 18.2 Å². The highest BCUT2D eigenvalue weighted by molar-refractivity contribution is 7.89. The van der Waals surface area contributed by atoms with Gasteiger partial charge in [-0.1, -0.05) is 22.1 Å². The van der Waals surface area contributed by atoms with Crippen molar-refractivity contribution in [2.24, 2.45) is 0 Å². The maximum atomic E-state index is 13.0. The third kappa shape index (κ3) is 5.20. The number of nitrogens with zero attached hydrogens (tertiary/aromatic N) is 2. The first kappa shape index (κ1) is 23.5. The first-order valence-corrected chi connectivity index (χ1v) is 11.8. The van der Waals surface area contributed by atoms with Gasteiger partial charge in [0.05, 0.1) is 12.1 Å². The highest BCUT2D eigenvalue weighted by Gasteiger charge is 2.28. The van der Waals surface area contributed by atoms with E-state index < -0.39 is 10.0 Å². The molecule has 0 N–H and O–H groups in total. The van der Waals surface area contributed by atoms with Gasteiger partial charge >= 0.3 is 0 Å². The molecule has 1 saturated heterocycles. The Labute approximate surface area is 188 Å². The van der Waals surface area contributed by atoms with Crippen molar-refractivity contribution in [1.82, 2.24) is 9.37 Å². The van der Waals surface area contributed by atoms with E-state index in [0.717, 1.165) is 5.75 Å². The van der Waals surface area contributed by atoms with Crippen molar-refractivity contribution in [3.63, 3.8) is 0 Å². The van der Waals surface area contributed by atoms with E-state index in [4.69, 9.17) is 21.2 Å². The molecule has 1 aliphatic rings. The Bertz CT molecular complexity index is 1070. The average Bonchev–Trinajstić information content (AvgIpc) is 2.76. The molecule has 7 nitrogen and oxygen atoms in total. The van der Waals surface area contributed by atoms with Gasteiger partial charge in [0.1, 0.15) is 16.7 Å². The van der Waals surface area contributed by atoms with Crippen molar-refractivity contribution < 1.29 is 22.8 Å². The van der Waals surface area contributed by atoms with E-state index in [1.54, 1.807) is 4.90 Å². The lowest BCUT2D eigenvalue weighted by atomic mass is 10.1. The van der Waals surface area contributed by atoms with Gasteiger partial charge in [0.25, 0.3) is 15.9 Å². The maximum Gasteiger partial charge on any atom is 0.266 e. The summed E-state index contributed by atoms with van der Waals surface area (Å²) < 4.78 is 31.9. The summed E-state index contributed by atoms with van der Waals surface area (Å²) in [5.41, 5.74) is 2.66. The van der Waals surface area contributed by atoms with Crippen molar-refractivity contribution in [3.8, 4) is 5.75 Å². The zero-order valence-corrected chi connectivity index (χ0v) is 19.7. The summed E-state index contributed by atoms with van der Waals surface area (Å²) in [4.78, 5) is 19.3. The van der Waals surface area contributed by atoms with Crippen LogP contribution in [0.15, 0.2) is 41.3 Å². The monoisotopic (exact) mass is 466 g/mol. The Kier molecular flexibility index (Phi) is 7.26. The lowest BCUT2D eigenvalue weighted by Gasteiger charge is -2.32. The topological polar surface area (TPSA) is 76.2 Å². The smallest absolute Gasteiger partial charge is 0.266 e. The molecule has 31 heavy (non-hydrogen) atoms. The molecule has 9 heteroatoms. The first-order valence-electron chi connectivity index (χ1n) is 9.99. The molecule has 0 aliphatic carbocycles. The van der Waals surface area contributed by atoms with Crippen LogP contribution in [0.1, 0.15) is 34.3 Å². The van der Waals surface area contributed by atoms with Gasteiger partial charge in [0.2, 0.25) is 0 Å².